The van der Waals surface area contributed by atoms with Gasteiger partial charge in [0.15, 0.2) is 5.78 Å². The van der Waals surface area contributed by atoms with Gasteiger partial charge in [0, 0.05) is 30.6 Å². The van der Waals surface area contributed by atoms with Crippen molar-refractivity contribution in [2.75, 3.05) is 6.26 Å². The molecule has 0 N–H and O–H groups in total. The van der Waals surface area contributed by atoms with E-state index in [2.05, 4.69) is 6.20 Å². The highest BCUT2D eigenvalue weighted by Gasteiger charge is 2.18. The summed E-state index contributed by atoms with van der Waals surface area (Å²) in [6, 6.07) is 0. The Morgan fingerprint density at radius 3 is 2.92 bits per heavy atom. The first kappa shape index (κ1) is 7.92. The highest BCUT2D eigenvalue weighted by molar-refractivity contribution is 7.97. The van der Waals surface area contributed by atoms with Crippen molar-refractivity contribution in [2.24, 2.45) is 0 Å². The third kappa shape index (κ3) is 1.18. The first-order valence-corrected chi connectivity index (χ1v) is 5.28. The minimum atomic E-state index is 0.309. The first-order chi connectivity index (χ1) is 5.81. The average molecular weight is 181 g/mol. The summed E-state index contributed by atoms with van der Waals surface area (Å²) in [6.45, 7) is 0. The van der Waals surface area contributed by atoms with Gasteiger partial charge in [-0.1, -0.05) is 0 Å². The molecule has 1 aliphatic carbocycles. The lowest BCUT2D eigenvalue weighted by Gasteiger charge is -2.07. The van der Waals surface area contributed by atoms with Crippen molar-refractivity contribution in [3.05, 3.63) is 23.5 Å². The Morgan fingerprint density at radius 2 is 2.25 bits per heavy atom. The lowest BCUT2D eigenvalue weighted by molar-refractivity contribution is 0.0973. The van der Waals surface area contributed by atoms with Crippen molar-refractivity contribution >= 4 is 17.7 Å². The average Bonchev–Trinajstić information content (AvgIpc) is 2.49. The molecule has 0 bridgehead atoms. The first-order valence-electron chi connectivity index (χ1n) is 4.10. The number of rotatable bonds is 1. The normalized spacial score (nSPS) is 16.2. The summed E-state index contributed by atoms with van der Waals surface area (Å²) in [5.74, 6) is 0.309. The maximum Gasteiger partial charge on any atom is 0.164 e. The lowest BCUT2D eigenvalue weighted by Crippen LogP contribution is -2.07. The predicted octanol–water partition coefficient (Wildman–Crippen LogP) is 2.13. The van der Waals surface area contributed by atoms with Gasteiger partial charge < -0.3 is 0 Å². The minimum absolute atomic E-state index is 0.309. The van der Waals surface area contributed by atoms with E-state index >= 15 is 0 Å². The number of carbonyl (C=O) groups is 1. The van der Waals surface area contributed by atoms with Crippen LogP contribution in [0, 0.1) is 0 Å². The highest BCUT2D eigenvalue weighted by Crippen LogP contribution is 2.23. The van der Waals surface area contributed by atoms with Gasteiger partial charge in [0.1, 0.15) is 0 Å². The Balaban J connectivity index is 2.43. The van der Waals surface area contributed by atoms with Gasteiger partial charge in [-0.05, 0) is 30.4 Å². The van der Waals surface area contributed by atoms with Crippen LogP contribution in [0.2, 0.25) is 0 Å². The van der Waals surface area contributed by atoms with Crippen LogP contribution in [0.4, 0.5) is 0 Å². The zero-order valence-corrected chi connectivity index (χ0v) is 7.86. The van der Waals surface area contributed by atoms with Crippen LogP contribution in [0.3, 0.4) is 0 Å². The molecule has 1 aliphatic rings. The fourth-order valence-corrected chi connectivity index (χ4v) is 2.04. The standard InChI is InChI=1S/C9H11NOS/c1-12-10-5-7-3-2-4-9(11)8(7)6-10/h5-6H,2-4H2,1H3. The van der Waals surface area contributed by atoms with E-state index in [9.17, 15) is 4.79 Å². The summed E-state index contributed by atoms with van der Waals surface area (Å²) in [5.41, 5.74) is 2.16. The van der Waals surface area contributed by atoms with Crippen LogP contribution in [0.25, 0.3) is 0 Å². The number of hydrogen-bond donors (Lipinski definition) is 0. The van der Waals surface area contributed by atoms with Crippen molar-refractivity contribution in [1.29, 1.82) is 0 Å². The molecule has 64 valence electrons. The maximum atomic E-state index is 11.4. The molecule has 0 saturated heterocycles. The topological polar surface area (TPSA) is 22.0 Å². The van der Waals surface area contributed by atoms with Gasteiger partial charge in [-0.3, -0.25) is 8.77 Å². The molecule has 1 aromatic heterocycles. The number of nitrogens with zero attached hydrogens (tertiary/aromatic N) is 1. The number of fused-ring (bicyclic) bond motifs is 1. The summed E-state index contributed by atoms with van der Waals surface area (Å²) >= 11 is 1.63. The summed E-state index contributed by atoms with van der Waals surface area (Å²) in [7, 11) is 0. The molecule has 0 fully saturated rings. The van der Waals surface area contributed by atoms with E-state index in [1.807, 2.05) is 16.4 Å². The second-order valence-corrected chi connectivity index (χ2v) is 3.80. The Labute approximate surface area is 76.1 Å². The molecule has 1 heterocycles. The van der Waals surface area contributed by atoms with Crippen molar-refractivity contribution in [1.82, 2.24) is 3.97 Å². The Hall–Kier alpha value is -0.700. The predicted molar refractivity (Wildman–Crippen MR) is 50.6 cm³/mol. The van der Waals surface area contributed by atoms with Crippen LogP contribution in [0.1, 0.15) is 28.8 Å². The molecule has 12 heavy (non-hydrogen) atoms. The number of Topliss-reactive ketones (excluding diaryl/α,β-unsaturated/α-hetero) is 1. The van der Waals surface area contributed by atoms with E-state index in [1.54, 1.807) is 11.9 Å². The monoisotopic (exact) mass is 181 g/mol. The maximum absolute atomic E-state index is 11.4. The number of aromatic nitrogens is 1. The summed E-state index contributed by atoms with van der Waals surface area (Å²) in [5, 5.41) is 0. The number of ketones is 1. The van der Waals surface area contributed by atoms with Crippen molar-refractivity contribution < 1.29 is 4.79 Å². The van der Waals surface area contributed by atoms with Gasteiger partial charge in [-0.15, -0.1) is 0 Å². The largest absolute Gasteiger partial charge is 0.298 e. The lowest BCUT2D eigenvalue weighted by atomic mass is 9.95. The Kier molecular flexibility index (Phi) is 1.97. The number of carbonyl (C=O) groups excluding carboxylic acids is 1. The van der Waals surface area contributed by atoms with E-state index in [1.165, 1.54) is 5.56 Å². The molecule has 0 saturated carbocycles. The van der Waals surface area contributed by atoms with E-state index in [0.717, 1.165) is 24.8 Å². The molecule has 3 heteroatoms. The van der Waals surface area contributed by atoms with Crippen LogP contribution in [0.15, 0.2) is 12.4 Å². The smallest absolute Gasteiger partial charge is 0.164 e. The van der Waals surface area contributed by atoms with Crippen molar-refractivity contribution in [3.63, 3.8) is 0 Å². The van der Waals surface area contributed by atoms with Crippen molar-refractivity contribution in [2.45, 2.75) is 19.3 Å². The molecule has 2 rings (SSSR count). The molecular formula is C9H11NOS. The minimum Gasteiger partial charge on any atom is -0.298 e. The Bertz CT molecular complexity index is 316. The van der Waals surface area contributed by atoms with Gasteiger partial charge in [0.2, 0.25) is 0 Å². The van der Waals surface area contributed by atoms with Gasteiger partial charge in [0.25, 0.3) is 0 Å². The number of aryl methyl sites for hydroxylation is 1. The van der Waals surface area contributed by atoms with Crippen LogP contribution in [-0.2, 0) is 6.42 Å². The van der Waals surface area contributed by atoms with Gasteiger partial charge in [0.05, 0.1) is 0 Å². The molecule has 0 radical (unpaired) electrons. The highest BCUT2D eigenvalue weighted by atomic mass is 32.2. The van der Waals surface area contributed by atoms with Crippen LogP contribution < -0.4 is 0 Å². The summed E-state index contributed by atoms with van der Waals surface area (Å²) < 4.78 is 2.01. The third-order valence-electron chi connectivity index (χ3n) is 2.25. The molecule has 0 atom stereocenters. The summed E-state index contributed by atoms with van der Waals surface area (Å²) in [4.78, 5) is 11.4. The van der Waals surface area contributed by atoms with Crippen molar-refractivity contribution in [3.8, 4) is 0 Å². The molecule has 0 aliphatic heterocycles. The number of hydrogen-bond acceptors (Lipinski definition) is 2. The second-order valence-electron chi connectivity index (χ2n) is 3.02. The molecule has 0 unspecified atom stereocenters. The third-order valence-corrected chi connectivity index (χ3v) is 2.88. The molecular weight excluding hydrogens is 170 g/mol. The zero-order chi connectivity index (χ0) is 8.55. The van der Waals surface area contributed by atoms with E-state index in [0.29, 0.717) is 5.78 Å². The SMILES string of the molecule is CSn1cc2c(c1)C(=O)CCC2. The van der Waals surface area contributed by atoms with Crippen LogP contribution in [0.5, 0.6) is 0 Å². The van der Waals surface area contributed by atoms with Gasteiger partial charge >= 0.3 is 0 Å². The van der Waals surface area contributed by atoms with Gasteiger partial charge in [-0.2, -0.15) is 0 Å². The molecule has 0 amide bonds. The van der Waals surface area contributed by atoms with Crippen LogP contribution in [-0.4, -0.2) is 16.0 Å². The van der Waals surface area contributed by atoms with E-state index in [4.69, 9.17) is 0 Å². The van der Waals surface area contributed by atoms with Gasteiger partial charge in [-0.25, -0.2) is 0 Å². The Morgan fingerprint density at radius 1 is 1.42 bits per heavy atom. The molecule has 1 aromatic rings. The second kappa shape index (κ2) is 2.98. The zero-order valence-electron chi connectivity index (χ0n) is 7.04. The summed E-state index contributed by atoms with van der Waals surface area (Å²) in [6.07, 6.45) is 8.83. The fourth-order valence-electron chi connectivity index (χ4n) is 1.60. The fraction of sp³-hybridized carbons (Fsp3) is 0.444. The van der Waals surface area contributed by atoms with E-state index in [-0.39, 0.29) is 0 Å². The van der Waals surface area contributed by atoms with E-state index < -0.39 is 0 Å². The molecule has 0 aromatic carbocycles. The van der Waals surface area contributed by atoms with Crippen LogP contribution >= 0.6 is 11.9 Å². The molecule has 0 spiro atoms. The quantitative estimate of drug-likeness (QED) is 0.662. The molecule has 2 nitrogen and oxygen atoms in total.